The molecular weight excluding hydrogens is 358 g/mol. The first-order chi connectivity index (χ1) is 14.3. The Balaban J connectivity index is 1.92. The molecule has 0 saturated heterocycles. The van der Waals surface area contributed by atoms with Gasteiger partial charge >= 0.3 is 0 Å². The molecule has 0 amide bonds. The number of aromatic nitrogens is 2. The Kier molecular flexibility index (Phi) is 5.13. The number of nitrogens with zero attached hydrogens (tertiary/aromatic N) is 3. The Labute approximate surface area is 168 Å². The molecule has 2 aromatic heterocycles. The summed E-state index contributed by atoms with van der Waals surface area (Å²) in [5.41, 5.74) is 3.82. The minimum absolute atomic E-state index is 0.172. The van der Waals surface area contributed by atoms with E-state index in [9.17, 15) is 10.1 Å². The van der Waals surface area contributed by atoms with Crippen LogP contribution < -0.4 is 5.56 Å². The quantitative estimate of drug-likeness (QED) is 0.507. The molecule has 0 aliphatic heterocycles. The molecule has 0 unspecified atom stereocenters. The topological polar surface area (TPSA) is 58.7 Å². The van der Waals surface area contributed by atoms with Crippen LogP contribution in [-0.4, -0.2) is 9.55 Å². The van der Waals surface area contributed by atoms with Gasteiger partial charge in [-0.05, 0) is 48.0 Å². The van der Waals surface area contributed by atoms with Crippen molar-refractivity contribution in [2.45, 2.75) is 0 Å². The van der Waals surface area contributed by atoms with E-state index in [1.807, 2.05) is 72.8 Å². The van der Waals surface area contributed by atoms with Crippen LogP contribution in [0.15, 0.2) is 96.1 Å². The third kappa shape index (κ3) is 3.90. The Morgan fingerprint density at radius 1 is 0.862 bits per heavy atom. The van der Waals surface area contributed by atoms with Gasteiger partial charge in [-0.15, -0.1) is 0 Å². The number of hydrogen-bond donors (Lipinski definition) is 0. The second-order valence-electron chi connectivity index (χ2n) is 6.44. The Hall–Kier alpha value is -4.23. The molecule has 4 nitrogen and oxygen atoms in total. The van der Waals surface area contributed by atoms with Gasteiger partial charge in [-0.25, -0.2) is 0 Å². The van der Waals surface area contributed by atoms with E-state index in [1.165, 1.54) is 0 Å². The summed E-state index contributed by atoms with van der Waals surface area (Å²) < 4.78 is 1.61. The van der Waals surface area contributed by atoms with Crippen LogP contribution in [0.3, 0.4) is 0 Å². The largest absolute Gasteiger partial charge is 0.283 e. The highest BCUT2D eigenvalue weighted by Gasteiger charge is 2.12. The number of rotatable bonds is 4. The van der Waals surface area contributed by atoms with E-state index in [0.29, 0.717) is 16.7 Å². The number of benzene rings is 2. The average Bonchev–Trinajstić information content (AvgIpc) is 2.79. The van der Waals surface area contributed by atoms with Crippen LogP contribution in [-0.2, 0) is 0 Å². The zero-order valence-corrected chi connectivity index (χ0v) is 15.6. The lowest BCUT2D eigenvalue weighted by atomic mass is 10.00. The zero-order chi connectivity index (χ0) is 20.1. The van der Waals surface area contributed by atoms with Crippen molar-refractivity contribution in [1.82, 2.24) is 9.55 Å². The lowest BCUT2D eigenvalue weighted by Crippen LogP contribution is -2.20. The Morgan fingerprint density at radius 2 is 1.62 bits per heavy atom. The summed E-state index contributed by atoms with van der Waals surface area (Å²) >= 11 is 0. The van der Waals surface area contributed by atoms with Crippen molar-refractivity contribution in [3.05, 3.63) is 118 Å². The van der Waals surface area contributed by atoms with Crippen molar-refractivity contribution in [2.75, 3.05) is 0 Å². The summed E-state index contributed by atoms with van der Waals surface area (Å²) in [4.78, 5) is 17.6. The van der Waals surface area contributed by atoms with E-state index < -0.39 is 0 Å². The first-order valence-corrected chi connectivity index (χ1v) is 9.17. The molecule has 2 aromatic carbocycles. The maximum absolute atomic E-state index is 13.3. The molecule has 0 aliphatic carbocycles. The minimum Gasteiger partial charge on any atom is -0.283 e. The highest BCUT2D eigenvalue weighted by molar-refractivity contribution is 5.75. The Bertz CT molecular complexity index is 1270. The molecule has 0 atom stereocenters. The van der Waals surface area contributed by atoms with Crippen molar-refractivity contribution >= 4 is 12.2 Å². The standard InChI is InChI=1S/C25H17N3O/c26-17-20-8-4-5-12-23(20)24-16-19(13-14-21-9-6-7-15-27-21)18-28(25(24)29)22-10-2-1-3-11-22/h1-16,18H. The zero-order valence-electron chi connectivity index (χ0n) is 15.6. The van der Waals surface area contributed by atoms with Gasteiger partial charge in [0.25, 0.3) is 5.56 Å². The maximum Gasteiger partial charge on any atom is 0.263 e. The lowest BCUT2D eigenvalue weighted by Gasteiger charge is -2.11. The summed E-state index contributed by atoms with van der Waals surface area (Å²) in [6.45, 7) is 0. The number of pyridine rings is 2. The SMILES string of the molecule is N#Cc1ccccc1-c1cc(C=Cc2ccccn2)cn(-c2ccccc2)c1=O. The van der Waals surface area contributed by atoms with E-state index >= 15 is 0 Å². The van der Waals surface area contributed by atoms with Crippen LogP contribution >= 0.6 is 0 Å². The molecule has 0 radical (unpaired) electrons. The van der Waals surface area contributed by atoms with Gasteiger partial charge in [0.15, 0.2) is 0 Å². The number of hydrogen-bond acceptors (Lipinski definition) is 3. The predicted octanol–water partition coefficient (Wildman–Crippen LogP) is 4.94. The molecule has 0 spiro atoms. The van der Waals surface area contributed by atoms with E-state index in [1.54, 1.807) is 35.2 Å². The highest BCUT2D eigenvalue weighted by atomic mass is 16.1. The first-order valence-electron chi connectivity index (χ1n) is 9.17. The molecule has 4 heteroatoms. The van der Waals surface area contributed by atoms with Gasteiger partial charge in [0, 0.05) is 29.2 Å². The Morgan fingerprint density at radius 3 is 2.38 bits per heavy atom. The van der Waals surface area contributed by atoms with Gasteiger partial charge in [0.05, 0.1) is 17.3 Å². The summed E-state index contributed by atoms with van der Waals surface area (Å²) in [5.74, 6) is 0. The third-order valence-electron chi connectivity index (χ3n) is 4.54. The first kappa shape index (κ1) is 18.1. The lowest BCUT2D eigenvalue weighted by molar-refractivity contribution is 0.990. The van der Waals surface area contributed by atoms with Crippen molar-refractivity contribution < 1.29 is 0 Å². The highest BCUT2D eigenvalue weighted by Crippen LogP contribution is 2.23. The second-order valence-corrected chi connectivity index (χ2v) is 6.44. The van der Waals surface area contributed by atoms with E-state index in [-0.39, 0.29) is 5.56 Å². The fourth-order valence-electron chi connectivity index (χ4n) is 3.14. The summed E-state index contributed by atoms with van der Waals surface area (Å²) in [5, 5.41) is 9.50. The molecular formula is C25H17N3O. The molecule has 4 aromatic rings. The summed E-state index contributed by atoms with van der Waals surface area (Å²) in [6.07, 6.45) is 7.35. The van der Waals surface area contributed by atoms with Gasteiger partial charge in [-0.3, -0.25) is 14.3 Å². The summed E-state index contributed by atoms with van der Waals surface area (Å²) in [6, 6.07) is 26.3. The normalized spacial score (nSPS) is 10.7. The van der Waals surface area contributed by atoms with Crippen LogP contribution in [0.25, 0.3) is 29.0 Å². The fourth-order valence-corrected chi connectivity index (χ4v) is 3.14. The van der Waals surface area contributed by atoms with Crippen LogP contribution in [0.4, 0.5) is 0 Å². The molecule has 29 heavy (non-hydrogen) atoms. The third-order valence-corrected chi connectivity index (χ3v) is 4.54. The van der Waals surface area contributed by atoms with Gasteiger partial charge in [0.1, 0.15) is 0 Å². The van der Waals surface area contributed by atoms with Crippen LogP contribution in [0.5, 0.6) is 0 Å². The van der Waals surface area contributed by atoms with Crippen molar-refractivity contribution in [3.8, 4) is 22.9 Å². The molecule has 138 valence electrons. The predicted molar refractivity (Wildman–Crippen MR) is 115 cm³/mol. The molecule has 2 heterocycles. The monoisotopic (exact) mass is 375 g/mol. The number of para-hydroxylation sites is 1. The van der Waals surface area contributed by atoms with Gasteiger partial charge in [-0.2, -0.15) is 5.26 Å². The second kappa shape index (κ2) is 8.20. The van der Waals surface area contributed by atoms with Gasteiger partial charge in [0.2, 0.25) is 0 Å². The maximum atomic E-state index is 13.3. The van der Waals surface area contributed by atoms with Crippen LogP contribution in [0.1, 0.15) is 16.8 Å². The van der Waals surface area contributed by atoms with Crippen molar-refractivity contribution in [2.24, 2.45) is 0 Å². The molecule has 4 rings (SSSR count). The molecule has 0 fully saturated rings. The minimum atomic E-state index is -0.172. The number of nitriles is 1. The van der Waals surface area contributed by atoms with Gasteiger partial charge in [-0.1, -0.05) is 48.5 Å². The fraction of sp³-hybridized carbons (Fsp3) is 0. The van der Waals surface area contributed by atoms with Crippen LogP contribution in [0, 0.1) is 11.3 Å². The molecule has 0 N–H and O–H groups in total. The van der Waals surface area contributed by atoms with E-state index in [4.69, 9.17) is 0 Å². The van der Waals surface area contributed by atoms with Crippen molar-refractivity contribution in [3.63, 3.8) is 0 Å². The van der Waals surface area contributed by atoms with Crippen molar-refractivity contribution in [1.29, 1.82) is 5.26 Å². The van der Waals surface area contributed by atoms with Crippen LogP contribution in [0.2, 0.25) is 0 Å². The molecule has 0 aliphatic rings. The average molecular weight is 375 g/mol. The summed E-state index contributed by atoms with van der Waals surface area (Å²) in [7, 11) is 0. The van der Waals surface area contributed by atoms with E-state index in [2.05, 4.69) is 11.1 Å². The molecule has 0 bridgehead atoms. The molecule has 0 saturated carbocycles. The van der Waals surface area contributed by atoms with Gasteiger partial charge < -0.3 is 0 Å². The smallest absolute Gasteiger partial charge is 0.263 e. The van der Waals surface area contributed by atoms with E-state index in [0.717, 1.165) is 16.9 Å².